The number of phenols is 1. The molecule has 142 valence electrons. The molecule has 0 aliphatic rings. The summed E-state index contributed by atoms with van der Waals surface area (Å²) < 4.78 is 10.7. The third kappa shape index (κ3) is 6.03. The third-order valence-electron chi connectivity index (χ3n) is 3.43. The molecule has 2 amide bonds. The summed E-state index contributed by atoms with van der Waals surface area (Å²) in [6.07, 6.45) is 1.45. The molecule has 0 spiro atoms. The van der Waals surface area contributed by atoms with Gasteiger partial charge in [0.05, 0.1) is 13.3 Å². The molecule has 27 heavy (non-hydrogen) atoms. The summed E-state index contributed by atoms with van der Waals surface area (Å²) in [5.74, 6) is 0.320. The Morgan fingerprint density at radius 1 is 1.15 bits per heavy atom. The molecule has 8 nitrogen and oxygen atoms in total. The molecular formula is C19H21N3O5. The zero-order valence-electron chi connectivity index (χ0n) is 15.1. The van der Waals surface area contributed by atoms with E-state index in [0.717, 1.165) is 0 Å². The fraction of sp³-hybridized carbons (Fsp3) is 0.211. The average Bonchev–Trinajstić information content (AvgIpc) is 2.67. The lowest BCUT2D eigenvalue weighted by molar-refractivity contribution is -0.123. The second-order valence-corrected chi connectivity index (χ2v) is 5.40. The van der Waals surface area contributed by atoms with Gasteiger partial charge in [-0.2, -0.15) is 5.10 Å². The smallest absolute Gasteiger partial charge is 0.271 e. The Morgan fingerprint density at radius 2 is 1.89 bits per heavy atom. The predicted octanol–water partition coefficient (Wildman–Crippen LogP) is 1.68. The van der Waals surface area contributed by atoms with Gasteiger partial charge in [-0.25, -0.2) is 5.43 Å². The first kappa shape index (κ1) is 19.8. The van der Waals surface area contributed by atoms with Crippen molar-refractivity contribution in [2.45, 2.75) is 6.92 Å². The molecule has 0 aliphatic carbocycles. The van der Waals surface area contributed by atoms with Crippen LogP contribution in [0.2, 0.25) is 0 Å². The molecule has 0 heterocycles. The number of hydrazone groups is 1. The number of carbonyl (C=O) groups is 2. The van der Waals surface area contributed by atoms with Crippen molar-refractivity contribution < 1.29 is 24.2 Å². The number of amides is 2. The number of rotatable bonds is 8. The van der Waals surface area contributed by atoms with E-state index in [1.807, 2.05) is 6.92 Å². The Bertz CT molecular complexity index is 819. The topological polar surface area (TPSA) is 109 Å². The van der Waals surface area contributed by atoms with Gasteiger partial charge in [0.15, 0.2) is 18.1 Å². The molecule has 2 aromatic rings. The molecule has 0 radical (unpaired) electrons. The highest BCUT2D eigenvalue weighted by atomic mass is 16.5. The number of nitrogens with zero attached hydrogens (tertiary/aromatic N) is 1. The summed E-state index contributed by atoms with van der Waals surface area (Å²) in [4.78, 5) is 23.4. The molecule has 0 fully saturated rings. The molecule has 3 N–H and O–H groups in total. The van der Waals surface area contributed by atoms with Gasteiger partial charge in [0.2, 0.25) is 0 Å². The number of ether oxygens (including phenoxy) is 2. The first-order valence-corrected chi connectivity index (χ1v) is 8.23. The molecule has 0 saturated heterocycles. The Hall–Kier alpha value is -3.55. The molecule has 0 aromatic heterocycles. The number of aromatic hydroxyl groups is 1. The second kappa shape index (κ2) is 9.81. The zero-order valence-corrected chi connectivity index (χ0v) is 15.1. The van der Waals surface area contributed by atoms with E-state index < -0.39 is 5.91 Å². The van der Waals surface area contributed by atoms with Gasteiger partial charge in [0.1, 0.15) is 5.75 Å². The van der Waals surface area contributed by atoms with Crippen molar-refractivity contribution in [3.8, 4) is 17.2 Å². The van der Waals surface area contributed by atoms with Gasteiger partial charge >= 0.3 is 0 Å². The maximum atomic E-state index is 11.9. The molecule has 0 bridgehead atoms. The maximum absolute atomic E-state index is 11.9. The van der Waals surface area contributed by atoms with Gasteiger partial charge in [-0.3, -0.25) is 9.59 Å². The fourth-order valence-electron chi connectivity index (χ4n) is 2.12. The number of benzene rings is 2. The molecule has 0 atom stereocenters. The van der Waals surface area contributed by atoms with Gasteiger partial charge in [0, 0.05) is 12.1 Å². The maximum Gasteiger partial charge on any atom is 0.271 e. The standard InChI is InChI=1S/C19H21N3O5/c1-3-20-18(24)12-27-16-9-4-13(10-17(16)26-2)11-21-22-19(25)14-5-7-15(23)8-6-14/h4-11,23H,3,12H2,1-2H3,(H,20,24)(H,22,25)/b21-11-. The van der Waals surface area contributed by atoms with E-state index in [4.69, 9.17) is 9.47 Å². The van der Waals surface area contributed by atoms with Crippen LogP contribution in [0.1, 0.15) is 22.8 Å². The second-order valence-electron chi connectivity index (χ2n) is 5.40. The monoisotopic (exact) mass is 371 g/mol. The minimum atomic E-state index is -0.403. The number of likely N-dealkylation sites (N-methyl/N-ethyl adjacent to an activating group) is 1. The van der Waals surface area contributed by atoms with E-state index in [0.29, 0.717) is 29.2 Å². The minimum absolute atomic E-state index is 0.0802. The van der Waals surface area contributed by atoms with Gasteiger partial charge in [-0.1, -0.05) is 0 Å². The normalized spacial score (nSPS) is 10.4. The molecule has 8 heteroatoms. The van der Waals surface area contributed by atoms with E-state index in [2.05, 4.69) is 15.8 Å². The lowest BCUT2D eigenvalue weighted by Gasteiger charge is -2.11. The van der Waals surface area contributed by atoms with E-state index in [1.165, 1.54) is 37.6 Å². The molecular weight excluding hydrogens is 350 g/mol. The molecule has 2 aromatic carbocycles. The number of methoxy groups -OCH3 is 1. The highest BCUT2D eigenvalue weighted by Crippen LogP contribution is 2.27. The van der Waals surface area contributed by atoms with E-state index >= 15 is 0 Å². The summed E-state index contributed by atoms with van der Waals surface area (Å²) in [7, 11) is 1.49. The van der Waals surface area contributed by atoms with Gasteiger partial charge in [0.25, 0.3) is 11.8 Å². The largest absolute Gasteiger partial charge is 0.508 e. The van der Waals surface area contributed by atoms with Gasteiger partial charge < -0.3 is 19.9 Å². The number of hydrogen-bond acceptors (Lipinski definition) is 6. The van der Waals surface area contributed by atoms with Crippen LogP contribution in [-0.4, -0.2) is 43.4 Å². The summed E-state index contributed by atoms with van der Waals surface area (Å²) in [6, 6.07) is 10.9. The van der Waals surface area contributed by atoms with E-state index in [1.54, 1.807) is 18.2 Å². The zero-order chi connectivity index (χ0) is 19.6. The minimum Gasteiger partial charge on any atom is -0.508 e. The first-order valence-electron chi connectivity index (χ1n) is 8.23. The number of hydrogen-bond donors (Lipinski definition) is 3. The first-order chi connectivity index (χ1) is 13.0. The Morgan fingerprint density at radius 3 is 2.56 bits per heavy atom. The highest BCUT2D eigenvalue weighted by molar-refractivity contribution is 5.95. The predicted molar refractivity (Wildman–Crippen MR) is 100 cm³/mol. The van der Waals surface area contributed by atoms with Crippen molar-refractivity contribution in [2.75, 3.05) is 20.3 Å². The van der Waals surface area contributed by atoms with Crippen molar-refractivity contribution in [2.24, 2.45) is 5.10 Å². The lowest BCUT2D eigenvalue weighted by Crippen LogP contribution is -2.28. The fourth-order valence-corrected chi connectivity index (χ4v) is 2.12. The van der Waals surface area contributed by atoms with Crippen molar-refractivity contribution in [3.63, 3.8) is 0 Å². The van der Waals surface area contributed by atoms with E-state index in [-0.39, 0.29) is 18.3 Å². The Kier molecular flexibility index (Phi) is 7.18. The Balaban J connectivity index is 1.97. The molecule has 0 unspecified atom stereocenters. The number of nitrogens with one attached hydrogen (secondary N) is 2. The summed E-state index contributed by atoms with van der Waals surface area (Å²) in [5.41, 5.74) is 3.44. The molecule has 2 rings (SSSR count). The van der Waals surface area contributed by atoms with Gasteiger partial charge in [-0.05, 0) is 55.0 Å². The van der Waals surface area contributed by atoms with Crippen molar-refractivity contribution in [1.82, 2.24) is 10.7 Å². The summed E-state index contributed by atoms with van der Waals surface area (Å²) in [6.45, 7) is 2.25. The highest BCUT2D eigenvalue weighted by Gasteiger charge is 2.08. The van der Waals surface area contributed by atoms with Crippen molar-refractivity contribution >= 4 is 18.0 Å². The van der Waals surface area contributed by atoms with Crippen molar-refractivity contribution in [3.05, 3.63) is 53.6 Å². The summed E-state index contributed by atoms with van der Waals surface area (Å²) in [5, 5.41) is 15.8. The molecule has 0 saturated carbocycles. The Labute approximate surface area is 156 Å². The lowest BCUT2D eigenvalue weighted by atomic mass is 10.2. The van der Waals surface area contributed by atoms with Crippen LogP contribution < -0.4 is 20.2 Å². The van der Waals surface area contributed by atoms with Crippen LogP contribution in [0.4, 0.5) is 0 Å². The van der Waals surface area contributed by atoms with Crippen LogP contribution in [-0.2, 0) is 4.79 Å². The van der Waals surface area contributed by atoms with Gasteiger partial charge in [-0.15, -0.1) is 0 Å². The number of phenolic OH excluding ortho intramolecular Hbond substituents is 1. The van der Waals surface area contributed by atoms with Crippen LogP contribution in [0.3, 0.4) is 0 Å². The van der Waals surface area contributed by atoms with Crippen LogP contribution in [0.5, 0.6) is 17.2 Å². The SMILES string of the molecule is CCNC(=O)COc1ccc(/C=N\NC(=O)c2ccc(O)cc2)cc1OC. The number of carbonyl (C=O) groups excluding carboxylic acids is 2. The molecule has 0 aliphatic heterocycles. The van der Waals surface area contributed by atoms with Crippen LogP contribution in [0, 0.1) is 0 Å². The van der Waals surface area contributed by atoms with E-state index in [9.17, 15) is 14.7 Å². The summed E-state index contributed by atoms with van der Waals surface area (Å²) >= 11 is 0. The quantitative estimate of drug-likeness (QED) is 0.483. The van der Waals surface area contributed by atoms with Crippen molar-refractivity contribution in [1.29, 1.82) is 0 Å². The van der Waals surface area contributed by atoms with Crippen LogP contribution in [0.25, 0.3) is 0 Å². The third-order valence-corrected chi connectivity index (χ3v) is 3.43. The van der Waals surface area contributed by atoms with Crippen LogP contribution in [0.15, 0.2) is 47.6 Å². The van der Waals surface area contributed by atoms with Crippen LogP contribution >= 0.6 is 0 Å². The average molecular weight is 371 g/mol.